The molecule has 0 aliphatic heterocycles. The number of hydrogen-bond donors (Lipinski definition) is 2. The van der Waals surface area contributed by atoms with Crippen molar-refractivity contribution in [3.8, 4) is 0 Å². The lowest BCUT2D eigenvalue weighted by molar-refractivity contribution is -0.184. The summed E-state index contributed by atoms with van der Waals surface area (Å²) in [5.41, 5.74) is 3.93. The molecule has 1 aromatic carbocycles. The highest BCUT2D eigenvalue weighted by atomic mass is 79.9. The van der Waals surface area contributed by atoms with Gasteiger partial charge in [0, 0.05) is 10.5 Å². The minimum absolute atomic E-state index is 0.0281. The van der Waals surface area contributed by atoms with Gasteiger partial charge in [0.05, 0.1) is 5.92 Å². The Bertz CT molecular complexity index is 439. The van der Waals surface area contributed by atoms with Crippen LogP contribution in [0.3, 0.4) is 0 Å². The first-order valence-corrected chi connectivity index (χ1v) is 7.96. The van der Waals surface area contributed by atoms with Gasteiger partial charge in [0.2, 0.25) is 0 Å². The molecule has 3 N–H and O–H groups in total. The van der Waals surface area contributed by atoms with Crippen LogP contribution in [-0.4, -0.2) is 12.2 Å². The van der Waals surface area contributed by atoms with Crippen LogP contribution in [0, 0.1) is 11.8 Å². The first-order chi connectivity index (χ1) is 9.90. The van der Waals surface area contributed by atoms with Crippen molar-refractivity contribution in [2.45, 2.75) is 44.3 Å². The van der Waals surface area contributed by atoms with Gasteiger partial charge in [0.1, 0.15) is 0 Å². The molecule has 1 saturated carbocycles. The Hall–Kier alpha value is -0.590. The van der Waals surface area contributed by atoms with E-state index in [1.807, 2.05) is 24.3 Å². The molecule has 0 saturated heterocycles. The van der Waals surface area contributed by atoms with Crippen molar-refractivity contribution < 1.29 is 13.2 Å². The van der Waals surface area contributed by atoms with Crippen LogP contribution >= 0.6 is 15.9 Å². The van der Waals surface area contributed by atoms with E-state index in [9.17, 15) is 13.2 Å². The normalized spacial score (nSPS) is 24.8. The van der Waals surface area contributed by atoms with Gasteiger partial charge in [-0.1, -0.05) is 28.1 Å². The number of halogens is 4. The molecule has 0 spiro atoms. The molecule has 0 bridgehead atoms. The Labute approximate surface area is 131 Å². The van der Waals surface area contributed by atoms with Gasteiger partial charge in [-0.25, -0.2) is 0 Å². The van der Waals surface area contributed by atoms with Crippen LogP contribution in [0.15, 0.2) is 28.7 Å². The SMILES string of the molecule is NNC(Cc1ccc(Br)cc1)C1CCC(C(F)(F)F)CC1. The third-order valence-corrected chi connectivity index (χ3v) is 4.92. The van der Waals surface area contributed by atoms with Crippen molar-refractivity contribution in [1.82, 2.24) is 5.43 Å². The second kappa shape index (κ2) is 7.11. The Morgan fingerprint density at radius 1 is 1.14 bits per heavy atom. The van der Waals surface area contributed by atoms with Gasteiger partial charge in [-0.3, -0.25) is 11.3 Å². The van der Waals surface area contributed by atoms with Crippen LogP contribution in [0.5, 0.6) is 0 Å². The summed E-state index contributed by atoms with van der Waals surface area (Å²) in [6.07, 6.45) is -1.72. The molecule has 2 nitrogen and oxygen atoms in total. The lowest BCUT2D eigenvalue weighted by Gasteiger charge is -2.34. The molecule has 1 unspecified atom stereocenters. The Morgan fingerprint density at radius 3 is 2.19 bits per heavy atom. The molecule has 118 valence electrons. The first-order valence-electron chi connectivity index (χ1n) is 7.17. The minimum Gasteiger partial charge on any atom is -0.271 e. The molecule has 21 heavy (non-hydrogen) atoms. The Morgan fingerprint density at radius 2 is 1.71 bits per heavy atom. The van der Waals surface area contributed by atoms with Gasteiger partial charge >= 0.3 is 6.18 Å². The van der Waals surface area contributed by atoms with Crippen molar-refractivity contribution in [3.05, 3.63) is 34.3 Å². The highest BCUT2D eigenvalue weighted by molar-refractivity contribution is 9.10. The number of hydrazine groups is 1. The fourth-order valence-corrected chi connectivity index (χ4v) is 3.35. The summed E-state index contributed by atoms with van der Waals surface area (Å²) in [5, 5.41) is 0. The van der Waals surface area contributed by atoms with Crippen molar-refractivity contribution in [1.29, 1.82) is 0 Å². The summed E-state index contributed by atoms with van der Waals surface area (Å²) in [6, 6.07) is 7.97. The summed E-state index contributed by atoms with van der Waals surface area (Å²) in [4.78, 5) is 0. The second-order valence-electron chi connectivity index (χ2n) is 5.76. The molecule has 1 aliphatic rings. The van der Waals surface area contributed by atoms with Gasteiger partial charge in [0.25, 0.3) is 0 Å². The van der Waals surface area contributed by atoms with Crippen molar-refractivity contribution in [3.63, 3.8) is 0 Å². The molecular formula is C15H20BrF3N2. The fraction of sp³-hybridized carbons (Fsp3) is 0.600. The van der Waals surface area contributed by atoms with Gasteiger partial charge in [-0.2, -0.15) is 13.2 Å². The summed E-state index contributed by atoms with van der Waals surface area (Å²) >= 11 is 3.38. The quantitative estimate of drug-likeness (QED) is 0.620. The monoisotopic (exact) mass is 364 g/mol. The van der Waals surface area contributed by atoms with E-state index in [4.69, 9.17) is 5.84 Å². The Kier molecular flexibility index (Phi) is 5.68. The molecule has 0 aromatic heterocycles. The minimum atomic E-state index is -4.05. The summed E-state index contributed by atoms with van der Waals surface area (Å²) < 4.78 is 39.1. The largest absolute Gasteiger partial charge is 0.391 e. The van der Waals surface area contributed by atoms with Gasteiger partial charge < -0.3 is 0 Å². The number of nitrogens with one attached hydrogen (secondary N) is 1. The van der Waals surface area contributed by atoms with Gasteiger partial charge in [0.15, 0.2) is 0 Å². The van der Waals surface area contributed by atoms with E-state index in [1.54, 1.807) is 0 Å². The van der Waals surface area contributed by atoms with E-state index in [0.717, 1.165) is 16.5 Å². The van der Waals surface area contributed by atoms with E-state index >= 15 is 0 Å². The van der Waals surface area contributed by atoms with Crippen LogP contribution in [0.1, 0.15) is 31.2 Å². The molecule has 1 aromatic rings. The third-order valence-electron chi connectivity index (χ3n) is 4.39. The zero-order chi connectivity index (χ0) is 15.5. The molecule has 0 amide bonds. The summed E-state index contributed by atoms with van der Waals surface area (Å²) in [5.74, 6) is 4.69. The van der Waals surface area contributed by atoms with Crippen LogP contribution in [0.4, 0.5) is 13.2 Å². The fourth-order valence-electron chi connectivity index (χ4n) is 3.08. The van der Waals surface area contributed by atoms with Crippen molar-refractivity contribution in [2.24, 2.45) is 17.7 Å². The molecule has 2 rings (SSSR count). The zero-order valence-electron chi connectivity index (χ0n) is 11.7. The summed E-state index contributed by atoms with van der Waals surface area (Å²) in [7, 11) is 0. The van der Waals surface area contributed by atoms with Gasteiger partial charge in [-0.15, -0.1) is 0 Å². The maximum Gasteiger partial charge on any atom is 0.391 e. The van der Waals surface area contributed by atoms with E-state index in [1.165, 1.54) is 0 Å². The van der Waals surface area contributed by atoms with Crippen molar-refractivity contribution in [2.75, 3.05) is 0 Å². The lowest BCUT2D eigenvalue weighted by atomic mass is 9.77. The molecular weight excluding hydrogens is 345 g/mol. The predicted molar refractivity (Wildman–Crippen MR) is 80.5 cm³/mol. The number of hydrogen-bond acceptors (Lipinski definition) is 2. The average Bonchev–Trinajstić information content (AvgIpc) is 2.46. The molecule has 0 heterocycles. The van der Waals surface area contributed by atoms with E-state index in [2.05, 4.69) is 21.4 Å². The number of rotatable bonds is 4. The van der Waals surface area contributed by atoms with Crippen LogP contribution in [0.25, 0.3) is 0 Å². The number of benzene rings is 1. The van der Waals surface area contributed by atoms with E-state index in [-0.39, 0.29) is 24.8 Å². The van der Waals surface area contributed by atoms with Crippen LogP contribution in [-0.2, 0) is 6.42 Å². The summed E-state index contributed by atoms with van der Waals surface area (Å²) in [6.45, 7) is 0. The van der Waals surface area contributed by atoms with Crippen molar-refractivity contribution >= 4 is 15.9 Å². The third kappa shape index (κ3) is 4.69. The zero-order valence-corrected chi connectivity index (χ0v) is 13.3. The van der Waals surface area contributed by atoms with Crippen LogP contribution in [0.2, 0.25) is 0 Å². The highest BCUT2D eigenvalue weighted by Gasteiger charge is 2.42. The topological polar surface area (TPSA) is 38.0 Å². The average molecular weight is 365 g/mol. The maximum absolute atomic E-state index is 12.7. The van der Waals surface area contributed by atoms with E-state index in [0.29, 0.717) is 12.8 Å². The second-order valence-corrected chi connectivity index (χ2v) is 6.67. The molecule has 1 atom stereocenters. The maximum atomic E-state index is 12.7. The van der Waals surface area contributed by atoms with Gasteiger partial charge in [-0.05, 0) is 55.7 Å². The predicted octanol–water partition coefficient (Wildman–Crippen LogP) is 4.19. The van der Waals surface area contributed by atoms with Crippen LogP contribution < -0.4 is 11.3 Å². The lowest BCUT2D eigenvalue weighted by Crippen LogP contribution is -2.44. The molecule has 0 radical (unpaired) electrons. The highest BCUT2D eigenvalue weighted by Crippen LogP contribution is 2.40. The Balaban J connectivity index is 1.92. The standard InChI is InChI=1S/C15H20BrF3N2/c16-13-7-1-10(2-8-13)9-14(21-20)11-3-5-12(6-4-11)15(17,18)19/h1-2,7-8,11-12,14,21H,3-6,9,20H2. The van der Waals surface area contributed by atoms with E-state index < -0.39 is 12.1 Å². The molecule has 1 aliphatic carbocycles. The smallest absolute Gasteiger partial charge is 0.271 e. The molecule has 1 fully saturated rings. The number of alkyl halides is 3. The molecule has 6 heteroatoms. The first kappa shape index (κ1) is 16.8. The number of nitrogens with two attached hydrogens (primary N) is 1.